The van der Waals surface area contributed by atoms with E-state index in [1.54, 1.807) is 27.8 Å². The number of aliphatic carboxylic acids is 1. The van der Waals surface area contributed by atoms with Gasteiger partial charge < -0.3 is 19.5 Å². The second kappa shape index (κ2) is 5.58. The van der Waals surface area contributed by atoms with Crippen LogP contribution in [-0.4, -0.2) is 36.2 Å². The van der Waals surface area contributed by atoms with Gasteiger partial charge in [0.15, 0.2) is 0 Å². The fraction of sp³-hybridized carbons (Fsp3) is 0.800. The number of nitrogens with zero attached hydrogens (tertiary/aromatic N) is 1. The average Bonchev–Trinajstić information content (AvgIpc) is 1.99. The highest BCUT2D eigenvalue weighted by Crippen LogP contribution is 2.09. The molecule has 15 heavy (non-hydrogen) atoms. The second-order valence-corrected chi connectivity index (χ2v) is 4.38. The van der Waals surface area contributed by atoms with Crippen molar-refractivity contribution in [3.8, 4) is 0 Å². The molecule has 0 aromatic heterocycles. The predicted octanol–water partition coefficient (Wildman–Crippen LogP) is 0.383. The highest BCUT2D eigenvalue weighted by molar-refractivity contribution is 5.68. The molecule has 1 amide bonds. The standard InChI is InChI=1S/C10H19NO4/c1-10(2,3)15-9(14)11(4)7-5-6-8(12)13/h5-7H2,1-4H3,(H,12,13)/p-1. The van der Waals surface area contributed by atoms with E-state index in [0.717, 1.165) is 0 Å². The Morgan fingerprint density at radius 1 is 1.33 bits per heavy atom. The normalized spacial score (nSPS) is 10.9. The first-order valence-corrected chi connectivity index (χ1v) is 4.86. The third kappa shape index (κ3) is 7.78. The minimum absolute atomic E-state index is 0.0485. The molecule has 0 rings (SSSR count). The fourth-order valence-electron chi connectivity index (χ4n) is 0.892. The van der Waals surface area contributed by atoms with Crippen molar-refractivity contribution in [1.29, 1.82) is 0 Å². The molecule has 0 saturated heterocycles. The summed E-state index contributed by atoms with van der Waals surface area (Å²) in [5, 5.41) is 10.1. The molecule has 5 nitrogen and oxygen atoms in total. The predicted molar refractivity (Wildman–Crippen MR) is 53.1 cm³/mol. The molecule has 0 aromatic rings. The van der Waals surface area contributed by atoms with Gasteiger partial charge in [-0.25, -0.2) is 4.79 Å². The van der Waals surface area contributed by atoms with Crippen molar-refractivity contribution in [2.45, 2.75) is 39.2 Å². The van der Waals surface area contributed by atoms with Gasteiger partial charge in [0, 0.05) is 19.6 Å². The Labute approximate surface area is 90.0 Å². The van der Waals surface area contributed by atoms with Gasteiger partial charge in [-0.1, -0.05) is 0 Å². The van der Waals surface area contributed by atoms with E-state index in [1.807, 2.05) is 0 Å². The van der Waals surface area contributed by atoms with Crippen LogP contribution in [-0.2, 0) is 9.53 Å². The van der Waals surface area contributed by atoms with Crippen molar-refractivity contribution in [3.63, 3.8) is 0 Å². The Bertz CT molecular complexity index is 232. The van der Waals surface area contributed by atoms with Crippen molar-refractivity contribution in [2.75, 3.05) is 13.6 Å². The van der Waals surface area contributed by atoms with Crippen LogP contribution in [0.15, 0.2) is 0 Å². The SMILES string of the molecule is CN(CCCC(=O)[O-])C(=O)OC(C)(C)C. The molecule has 0 aliphatic carbocycles. The number of carboxylic acids is 1. The van der Waals surface area contributed by atoms with E-state index in [-0.39, 0.29) is 6.42 Å². The number of rotatable bonds is 4. The van der Waals surface area contributed by atoms with Crippen LogP contribution in [0, 0.1) is 0 Å². The third-order valence-electron chi connectivity index (χ3n) is 1.58. The largest absolute Gasteiger partial charge is 0.550 e. The Balaban J connectivity index is 3.85. The van der Waals surface area contributed by atoms with Crippen molar-refractivity contribution in [1.82, 2.24) is 4.90 Å². The van der Waals surface area contributed by atoms with Gasteiger partial charge in [0.2, 0.25) is 0 Å². The Morgan fingerprint density at radius 2 is 1.87 bits per heavy atom. The van der Waals surface area contributed by atoms with Crippen LogP contribution in [0.4, 0.5) is 4.79 Å². The maximum Gasteiger partial charge on any atom is 0.410 e. The van der Waals surface area contributed by atoms with Gasteiger partial charge in [-0.2, -0.15) is 0 Å². The van der Waals surface area contributed by atoms with Crippen LogP contribution in [0.2, 0.25) is 0 Å². The van der Waals surface area contributed by atoms with Gasteiger partial charge in [0.25, 0.3) is 0 Å². The lowest BCUT2D eigenvalue weighted by atomic mass is 10.2. The molecule has 0 aliphatic rings. The highest BCUT2D eigenvalue weighted by Gasteiger charge is 2.18. The van der Waals surface area contributed by atoms with Gasteiger partial charge in [0.1, 0.15) is 5.60 Å². The van der Waals surface area contributed by atoms with Gasteiger partial charge in [-0.3, -0.25) is 0 Å². The highest BCUT2D eigenvalue weighted by atomic mass is 16.6. The zero-order valence-corrected chi connectivity index (χ0v) is 9.70. The first kappa shape index (κ1) is 13.7. The number of carbonyl (C=O) groups excluding carboxylic acids is 2. The quantitative estimate of drug-likeness (QED) is 0.681. The van der Waals surface area contributed by atoms with Crippen molar-refractivity contribution < 1.29 is 19.4 Å². The van der Waals surface area contributed by atoms with E-state index in [4.69, 9.17) is 4.74 Å². The van der Waals surface area contributed by atoms with E-state index in [1.165, 1.54) is 4.90 Å². The topological polar surface area (TPSA) is 69.7 Å². The summed E-state index contributed by atoms with van der Waals surface area (Å²) in [6.07, 6.45) is -0.119. The Kier molecular flexibility index (Phi) is 5.11. The van der Waals surface area contributed by atoms with Crippen LogP contribution in [0.3, 0.4) is 0 Å². The zero-order valence-electron chi connectivity index (χ0n) is 9.70. The monoisotopic (exact) mass is 216 g/mol. The maximum absolute atomic E-state index is 11.4. The molecule has 0 fully saturated rings. The van der Waals surface area contributed by atoms with Crippen LogP contribution >= 0.6 is 0 Å². The zero-order chi connectivity index (χ0) is 12.1. The van der Waals surface area contributed by atoms with E-state index >= 15 is 0 Å². The Morgan fingerprint density at radius 3 is 2.27 bits per heavy atom. The van der Waals surface area contributed by atoms with Crippen LogP contribution in [0.25, 0.3) is 0 Å². The van der Waals surface area contributed by atoms with E-state index in [9.17, 15) is 14.7 Å². The van der Waals surface area contributed by atoms with Gasteiger partial charge in [0.05, 0.1) is 0 Å². The van der Waals surface area contributed by atoms with Crippen LogP contribution in [0.1, 0.15) is 33.6 Å². The molecule has 0 saturated carbocycles. The number of ether oxygens (including phenoxy) is 1. The van der Waals surface area contributed by atoms with Gasteiger partial charge in [-0.05, 0) is 33.6 Å². The third-order valence-corrected chi connectivity index (χ3v) is 1.58. The van der Waals surface area contributed by atoms with E-state index < -0.39 is 17.7 Å². The molecule has 5 heteroatoms. The van der Waals surface area contributed by atoms with Crippen LogP contribution < -0.4 is 5.11 Å². The van der Waals surface area contributed by atoms with Gasteiger partial charge >= 0.3 is 6.09 Å². The summed E-state index contributed by atoms with van der Waals surface area (Å²) < 4.78 is 5.08. The Hall–Kier alpha value is -1.26. The molecule has 0 heterocycles. The molecule has 0 N–H and O–H groups in total. The summed E-state index contributed by atoms with van der Waals surface area (Å²) in [7, 11) is 1.57. The first-order chi connectivity index (χ1) is 6.72. The summed E-state index contributed by atoms with van der Waals surface area (Å²) in [6.45, 7) is 5.68. The van der Waals surface area contributed by atoms with Crippen molar-refractivity contribution in [2.24, 2.45) is 0 Å². The minimum atomic E-state index is -1.10. The summed E-state index contributed by atoms with van der Waals surface area (Å²) in [5.41, 5.74) is -0.528. The number of hydrogen-bond donors (Lipinski definition) is 0. The first-order valence-electron chi connectivity index (χ1n) is 4.86. The second-order valence-electron chi connectivity index (χ2n) is 4.38. The summed E-state index contributed by atoms with van der Waals surface area (Å²) in [5.74, 6) is -1.10. The molecule has 0 aliphatic heterocycles. The van der Waals surface area contributed by atoms with E-state index in [2.05, 4.69) is 0 Å². The maximum atomic E-state index is 11.4. The molecule has 0 aromatic carbocycles. The van der Waals surface area contributed by atoms with Crippen molar-refractivity contribution in [3.05, 3.63) is 0 Å². The number of carbonyl (C=O) groups is 2. The summed E-state index contributed by atoms with van der Waals surface area (Å²) in [6, 6.07) is 0. The van der Waals surface area contributed by atoms with Crippen LogP contribution in [0.5, 0.6) is 0 Å². The molecule has 0 unspecified atom stereocenters. The number of hydrogen-bond acceptors (Lipinski definition) is 4. The lowest BCUT2D eigenvalue weighted by molar-refractivity contribution is -0.305. The lowest BCUT2D eigenvalue weighted by Gasteiger charge is -2.24. The molecule has 0 radical (unpaired) electrons. The molecule has 0 bridgehead atoms. The fourth-order valence-corrected chi connectivity index (χ4v) is 0.892. The average molecular weight is 216 g/mol. The lowest BCUT2D eigenvalue weighted by Crippen LogP contribution is -2.35. The van der Waals surface area contributed by atoms with Gasteiger partial charge in [-0.15, -0.1) is 0 Å². The minimum Gasteiger partial charge on any atom is -0.550 e. The van der Waals surface area contributed by atoms with Crippen molar-refractivity contribution >= 4 is 12.1 Å². The smallest absolute Gasteiger partial charge is 0.410 e. The van der Waals surface area contributed by atoms with E-state index in [0.29, 0.717) is 13.0 Å². The summed E-state index contributed by atoms with van der Waals surface area (Å²) >= 11 is 0. The molecule has 88 valence electrons. The molecule has 0 spiro atoms. The molecular formula is C10H18NO4-. The number of carboxylic acid groups (broad SMARTS) is 1. The number of amides is 1. The molecule has 0 atom stereocenters. The molecular weight excluding hydrogens is 198 g/mol. The summed E-state index contributed by atoms with van der Waals surface area (Å²) in [4.78, 5) is 22.9.